The molecule has 0 saturated carbocycles. The standard InChI is InChI=1S/C15H14F2O4/c1-19-12-6-8-14(9-7-12)21-15(16,17)11-2-4-13(5-3-11)20-10-18/h2-9,18H,10H2,1H3. The molecule has 1 N–H and O–H groups in total. The molecule has 0 unspecified atom stereocenters. The van der Waals surface area contributed by atoms with Crippen LogP contribution < -0.4 is 14.2 Å². The fraction of sp³-hybridized carbons (Fsp3) is 0.200. The first-order valence-corrected chi connectivity index (χ1v) is 6.10. The Bertz CT molecular complexity index is 567. The largest absolute Gasteiger partial charge is 0.497 e. The van der Waals surface area contributed by atoms with E-state index in [-0.39, 0.29) is 11.3 Å². The summed E-state index contributed by atoms with van der Waals surface area (Å²) < 4.78 is 42.4. The summed E-state index contributed by atoms with van der Waals surface area (Å²) in [6.07, 6.45) is -3.48. The van der Waals surface area contributed by atoms with Crippen molar-refractivity contribution >= 4 is 0 Å². The van der Waals surface area contributed by atoms with E-state index < -0.39 is 12.9 Å². The Morgan fingerprint density at radius 1 is 0.905 bits per heavy atom. The van der Waals surface area contributed by atoms with Crippen LogP contribution in [0.15, 0.2) is 48.5 Å². The number of hydrogen-bond donors (Lipinski definition) is 1. The van der Waals surface area contributed by atoms with Gasteiger partial charge in [0.15, 0.2) is 6.79 Å². The van der Waals surface area contributed by atoms with E-state index in [0.29, 0.717) is 11.5 Å². The SMILES string of the molecule is COc1ccc(OC(F)(F)c2ccc(OCO)cc2)cc1. The molecule has 0 heterocycles. The molecule has 2 aromatic carbocycles. The number of hydrogen-bond acceptors (Lipinski definition) is 4. The third-order valence-corrected chi connectivity index (χ3v) is 2.73. The molecule has 0 aliphatic heterocycles. The summed E-state index contributed by atoms with van der Waals surface area (Å²) in [4.78, 5) is 0. The number of aliphatic hydroxyl groups excluding tert-OH is 1. The first-order chi connectivity index (χ1) is 10.0. The maximum atomic E-state index is 14.0. The summed E-state index contributed by atoms with van der Waals surface area (Å²) in [6, 6.07) is 10.9. The van der Waals surface area contributed by atoms with Gasteiger partial charge in [-0.3, -0.25) is 0 Å². The number of benzene rings is 2. The molecule has 2 rings (SSSR count). The first-order valence-electron chi connectivity index (χ1n) is 6.10. The zero-order chi connectivity index (χ0) is 15.3. The van der Waals surface area contributed by atoms with Gasteiger partial charge in [0, 0.05) is 0 Å². The zero-order valence-corrected chi connectivity index (χ0v) is 11.3. The molecule has 4 nitrogen and oxygen atoms in total. The molecule has 0 spiro atoms. The molecule has 6 heteroatoms. The van der Waals surface area contributed by atoms with E-state index in [1.165, 1.54) is 55.6 Å². The average molecular weight is 296 g/mol. The number of alkyl halides is 2. The number of halogens is 2. The van der Waals surface area contributed by atoms with Crippen LogP contribution >= 0.6 is 0 Å². The summed E-state index contributed by atoms with van der Waals surface area (Å²) in [5.41, 5.74) is -0.316. The second-order valence-electron chi connectivity index (χ2n) is 4.09. The highest BCUT2D eigenvalue weighted by Gasteiger charge is 2.34. The molecule has 0 aliphatic rings. The maximum absolute atomic E-state index is 14.0. The van der Waals surface area contributed by atoms with E-state index in [1.807, 2.05) is 0 Å². The van der Waals surface area contributed by atoms with Gasteiger partial charge in [0.1, 0.15) is 17.2 Å². The molecule has 0 atom stereocenters. The molecule has 0 aromatic heterocycles. The number of rotatable bonds is 6. The Kier molecular flexibility index (Phi) is 4.59. The van der Waals surface area contributed by atoms with Crippen molar-refractivity contribution in [3.05, 3.63) is 54.1 Å². The van der Waals surface area contributed by atoms with Gasteiger partial charge in [-0.25, -0.2) is 0 Å². The van der Waals surface area contributed by atoms with Gasteiger partial charge >= 0.3 is 6.11 Å². The maximum Gasteiger partial charge on any atom is 0.426 e. The van der Waals surface area contributed by atoms with E-state index in [9.17, 15) is 8.78 Å². The smallest absolute Gasteiger partial charge is 0.426 e. The van der Waals surface area contributed by atoms with Crippen LogP contribution in [0.4, 0.5) is 8.78 Å². The fourth-order valence-electron chi connectivity index (χ4n) is 1.67. The Morgan fingerprint density at radius 3 is 1.95 bits per heavy atom. The molecule has 0 aliphatic carbocycles. The second kappa shape index (κ2) is 6.41. The quantitative estimate of drug-likeness (QED) is 0.832. The zero-order valence-electron chi connectivity index (χ0n) is 11.3. The van der Waals surface area contributed by atoms with E-state index in [0.717, 1.165) is 0 Å². The predicted octanol–water partition coefficient (Wildman–Crippen LogP) is 3.15. The summed E-state index contributed by atoms with van der Waals surface area (Å²) in [7, 11) is 1.49. The van der Waals surface area contributed by atoms with Gasteiger partial charge in [-0.1, -0.05) is 0 Å². The van der Waals surface area contributed by atoms with Crippen molar-refractivity contribution in [3.63, 3.8) is 0 Å². The van der Waals surface area contributed by atoms with E-state index in [1.54, 1.807) is 0 Å². The van der Waals surface area contributed by atoms with Crippen LogP contribution in [0.5, 0.6) is 17.2 Å². The Hall–Kier alpha value is -2.34. The van der Waals surface area contributed by atoms with Gasteiger partial charge in [0.2, 0.25) is 0 Å². The van der Waals surface area contributed by atoms with E-state index in [2.05, 4.69) is 0 Å². The molecule has 0 amide bonds. The van der Waals surface area contributed by atoms with Crippen LogP contribution in [0.3, 0.4) is 0 Å². The number of methoxy groups -OCH3 is 1. The monoisotopic (exact) mass is 296 g/mol. The molecular formula is C15H14F2O4. The van der Waals surface area contributed by atoms with Crippen LogP contribution in [-0.4, -0.2) is 19.0 Å². The molecule has 21 heavy (non-hydrogen) atoms. The van der Waals surface area contributed by atoms with Gasteiger partial charge < -0.3 is 19.3 Å². The van der Waals surface area contributed by atoms with Crippen LogP contribution in [0, 0.1) is 0 Å². The second-order valence-corrected chi connectivity index (χ2v) is 4.09. The van der Waals surface area contributed by atoms with Crippen LogP contribution in [0.2, 0.25) is 0 Å². The Morgan fingerprint density at radius 2 is 1.43 bits per heavy atom. The highest BCUT2D eigenvalue weighted by molar-refractivity contribution is 5.33. The fourth-order valence-corrected chi connectivity index (χ4v) is 1.67. The summed E-state index contributed by atoms with van der Waals surface area (Å²) >= 11 is 0. The lowest BCUT2D eigenvalue weighted by Crippen LogP contribution is -2.21. The third kappa shape index (κ3) is 3.82. The summed E-state index contributed by atoms with van der Waals surface area (Å²) in [5, 5.41) is 8.58. The minimum Gasteiger partial charge on any atom is -0.497 e. The van der Waals surface area contributed by atoms with E-state index in [4.69, 9.17) is 19.3 Å². The lowest BCUT2D eigenvalue weighted by atomic mass is 10.2. The third-order valence-electron chi connectivity index (χ3n) is 2.73. The molecular weight excluding hydrogens is 282 g/mol. The Balaban J connectivity index is 2.12. The highest BCUT2D eigenvalue weighted by Crippen LogP contribution is 2.33. The minimum atomic E-state index is -3.48. The van der Waals surface area contributed by atoms with Crippen molar-refractivity contribution in [1.82, 2.24) is 0 Å². The normalized spacial score (nSPS) is 11.0. The van der Waals surface area contributed by atoms with Gasteiger partial charge in [-0.15, -0.1) is 0 Å². The van der Waals surface area contributed by atoms with Crippen molar-refractivity contribution < 1.29 is 28.1 Å². The summed E-state index contributed by atoms with van der Waals surface area (Å²) in [6.45, 7) is -0.516. The molecule has 2 aromatic rings. The highest BCUT2D eigenvalue weighted by atomic mass is 19.3. The van der Waals surface area contributed by atoms with Crippen LogP contribution in [0.25, 0.3) is 0 Å². The minimum absolute atomic E-state index is 0.0245. The average Bonchev–Trinajstić information content (AvgIpc) is 2.48. The summed E-state index contributed by atoms with van der Waals surface area (Å²) in [5.74, 6) is 0.870. The van der Waals surface area contributed by atoms with Gasteiger partial charge in [-0.2, -0.15) is 8.78 Å². The number of aliphatic hydroxyl groups is 1. The molecule has 0 fully saturated rings. The van der Waals surface area contributed by atoms with Gasteiger partial charge in [-0.05, 0) is 48.5 Å². The van der Waals surface area contributed by atoms with Gasteiger partial charge in [0.25, 0.3) is 0 Å². The molecule has 0 bridgehead atoms. The van der Waals surface area contributed by atoms with Crippen molar-refractivity contribution in [2.45, 2.75) is 6.11 Å². The van der Waals surface area contributed by atoms with Crippen molar-refractivity contribution in [1.29, 1.82) is 0 Å². The topological polar surface area (TPSA) is 47.9 Å². The predicted molar refractivity (Wildman–Crippen MR) is 71.7 cm³/mol. The van der Waals surface area contributed by atoms with Crippen molar-refractivity contribution in [2.75, 3.05) is 13.9 Å². The van der Waals surface area contributed by atoms with Gasteiger partial charge in [0.05, 0.1) is 12.7 Å². The lowest BCUT2D eigenvalue weighted by Gasteiger charge is -2.18. The van der Waals surface area contributed by atoms with E-state index >= 15 is 0 Å². The molecule has 0 saturated heterocycles. The van der Waals surface area contributed by atoms with Crippen molar-refractivity contribution in [3.8, 4) is 17.2 Å². The van der Waals surface area contributed by atoms with Crippen molar-refractivity contribution in [2.24, 2.45) is 0 Å². The number of ether oxygens (including phenoxy) is 3. The van der Waals surface area contributed by atoms with Crippen LogP contribution in [0.1, 0.15) is 5.56 Å². The first kappa shape index (κ1) is 15.1. The molecule has 0 radical (unpaired) electrons. The Labute approximate surface area is 120 Å². The lowest BCUT2D eigenvalue weighted by molar-refractivity contribution is -0.185. The van der Waals surface area contributed by atoms with Crippen LogP contribution in [-0.2, 0) is 6.11 Å². The molecule has 112 valence electrons.